The van der Waals surface area contributed by atoms with Crippen LogP contribution in [0, 0.1) is 10.1 Å². The average molecular weight is 324 g/mol. The summed E-state index contributed by atoms with van der Waals surface area (Å²) >= 11 is 1.42. The van der Waals surface area contributed by atoms with Crippen molar-refractivity contribution in [1.29, 1.82) is 0 Å². The number of Topliss-reactive ketones (excluding diaryl/α,β-unsaturated/α-hetero) is 1. The monoisotopic (exact) mass is 324 g/mol. The molecule has 0 aliphatic rings. The number of aromatic nitrogens is 1. The van der Waals surface area contributed by atoms with E-state index in [1.54, 1.807) is 6.20 Å². The zero-order valence-corrected chi connectivity index (χ0v) is 12.8. The molecule has 0 saturated carbocycles. The number of ketones is 1. The number of rotatable bonds is 5. The van der Waals surface area contributed by atoms with Crippen molar-refractivity contribution >= 4 is 34.1 Å². The highest BCUT2D eigenvalue weighted by molar-refractivity contribution is 8.00. The average Bonchev–Trinajstić information content (AvgIpc) is 2.59. The van der Waals surface area contributed by atoms with Crippen LogP contribution in [0.5, 0.6) is 0 Å². The highest BCUT2D eigenvalue weighted by Crippen LogP contribution is 2.26. The van der Waals surface area contributed by atoms with Gasteiger partial charge in [-0.2, -0.15) is 0 Å². The number of hydrogen-bond donors (Lipinski definition) is 0. The Morgan fingerprint density at radius 3 is 2.57 bits per heavy atom. The summed E-state index contributed by atoms with van der Waals surface area (Å²) in [5.41, 5.74) is 1.32. The Bertz CT molecular complexity index is 873. The second kappa shape index (κ2) is 6.58. The lowest BCUT2D eigenvalue weighted by Crippen LogP contribution is -2.02. The SMILES string of the molecule is O=C(CSc1cccc2cccnc12)c1ccc([N+](=O)[O-])cc1. The van der Waals surface area contributed by atoms with Crippen molar-refractivity contribution in [3.05, 3.63) is 76.5 Å². The van der Waals surface area contributed by atoms with Crippen molar-refractivity contribution in [2.24, 2.45) is 0 Å². The van der Waals surface area contributed by atoms with Crippen molar-refractivity contribution in [3.63, 3.8) is 0 Å². The second-order valence-electron chi connectivity index (χ2n) is 4.85. The zero-order chi connectivity index (χ0) is 16.2. The van der Waals surface area contributed by atoms with Gasteiger partial charge in [-0.05, 0) is 24.3 Å². The normalized spacial score (nSPS) is 10.6. The van der Waals surface area contributed by atoms with Gasteiger partial charge in [-0.25, -0.2) is 0 Å². The predicted octanol–water partition coefficient (Wildman–Crippen LogP) is 4.12. The molecule has 0 fully saturated rings. The maximum absolute atomic E-state index is 12.2. The Morgan fingerprint density at radius 1 is 1.09 bits per heavy atom. The number of nitro benzene ring substituents is 1. The summed E-state index contributed by atoms with van der Waals surface area (Å²) in [6.07, 6.45) is 1.73. The summed E-state index contributed by atoms with van der Waals surface area (Å²) in [6.45, 7) is 0. The first-order chi connectivity index (χ1) is 11.1. The van der Waals surface area contributed by atoms with Crippen LogP contribution in [0.1, 0.15) is 10.4 Å². The van der Waals surface area contributed by atoms with Crippen LogP contribution in [0.15, 0.2) is 65.7 Å². The van der Waals surface area contributed by atoms with E-state index in [1.807, 2.05) is 30.3 Å². The molecule has 23 heavy (non-hydrogen) atoms. The maximum Gasteiger partial charge on any atom is 0.269 e. The highest BCUT2D eigenvalue weighted by Gasteiger charge is 2.11. The number of nitrogens with zero attached hydrogens (tertiary/aromatic N) is 2. The summed E-state index contributed by atoms with van der Waals surface area (Å²) in [6, 6.07) is 15.4. The Balaban J connectivity index is 1.74. The third-order valence-electron chi connectivity index (χ3n) is 3.35. The largest absolute Gasteiger partial charge is 0.293 e. The van der Waals surface area contributed by atoms with Crippen LogP contribution < -0.4 is 0 Å². The fourth-order valence-corrected chi connectivity index (χ4v) is 3.12. The van der Waals surface area contributed by atoms with Gasteiger partial charge in [-0.1, -0.05) is 18.2 Å². The lowest BCUT2D eigenvalue weighted by molar-refractivity contribution is -0.384. The van der Waals surface area contributed by atoms with Crippen molar-refractivity contribution in [1.82, 2.24) is 4.98 Å². The van der Waals surface area contributed by atoms with Crippen LogP contribution in [0.4, 0.5) is 5.69 Å². The van der Waals surface area contributed by atoms with Gasteiger partial charge in [-0.15, -0.1) is 11.8 Å². The van der Waals surface area contributed by atoms with E-state index in [-0.39, 0.29) is 17.2 Å². The molecule has 0 N–H and O–H groups in total. The van der Waals surface area contributed by atoms with Crippen LogP contribution in [0.25, 0.3) is 10.9 Å². The molecule has 5 nitrogen and oxygen atoms in total. The first-order valence-electron chi connectivity index (χ1n) is 6.89. The van der Waals surface area contributed by atoms with Gasteiger partial charge in [0.15, 0.2) is 5.78 Å². The van der Waals surface area contributed by atoms with Crippen LogP contribution in [0.2, 0.25) is 0 Å². The maximum atomic E-state index is 12.2. The van der Waals surface area contributed by atoms with Gasteiger partial charge in [0.1, 0.15) is 0 Å². The van der Waals surface area contributed by atoms with Crippen molar-refractivity contribution in [2.45, 2.75) is 4.90 Å². The lowest BCUT2D eigenvalue weighted by atomic mass is 10.1. The number of carbonyl (C=O) groups is 1. The first kappa shape index (κ1) is 15.2. The van der Waals surface area contributed by atoms with Crippen molar-refractivity contribution in [2.75, 3.05) is 5.75 Å². The Kier molecular flexibility index (Phi) is 4.34. The van der Waals surface area contributed by atoms with E-state index >= 15 is 0 Å². The molecule has 2 aromatic carbocycles. The number of pyridine rings is 1. The van der Waals surface area contributed by atoms with Gasteiger partial charge in [0.25, 0.3) is 5.69 Å². The first-order valence-corrected chi connectivity index (χ1v) is 7.88. The van der Waals surface area contributed by atoms with Crippen LogP contribution in [0.3, 0.4) is 0 Å². The molecule has 0 saturated heterocycles. The minimum absolute atomic E-state index is 0.0209. The lowest BCUT2D eigenvalue weighted by Gasteiger charge is -2.05. The fraction of sp³-hybridized carbons (Fsp3) is 0.0588. The fourth-order valence-electron chi connectivity index (χ4n) is 2.19. The number of hydrogen-bond acceptors (Lipinski definition) is 5. The molecular weight excluding hydrogens is 312 g/mol. The molecule has 0 aliphatic heterocycles. The number of nitro groups is 1. The number of benzene rings is 2. The Hall–Kier alpha value is -2.73. The molecule has 0 amide bonds. The van der Waals surface area contributed by atoms with Crippen LogP contribution in [-0.2, 0) is 0 Å². The molecular formula is C17H12N2O3S. The molecule has 0 radical (unpaired) electrons. The van der Waals surface area contributed by atoms with E-state index in [1.165, 1.54) is 36.0 Å². The van der Waals surface area contributed by atoms with Gasteiger partial charge in [0.05, 0.1) is 16.2 Å². The van der Waals surface area contributed by atoms with E-state index in [4.69, 9.17) is 0 Å². The van der Waals surface area contributed by atoms with Crippen LogP contribution in [-0.4, -0.2) is 21.4 Å². The number of fused-ring (bicyclic) bond motifs is 1. The Labute approximate surface area is 136 Å². The van der Waals surface area contributed by atoms with E-state index in [9.17, 15) is 14.9 Å². The van der Waals surface area contributed by atoms with Crippen molar-refractivity contribution < 1.29 is 9.72 Å². The minimum atomic E-state index is -0.481. The molecule has 1 heterocycles. The minimum Gasteiger partial charge on any atom is -0.293 e. The molecule has 0 unspecified atom stereocenters. The zero-order valence-electron chi connectivity index (χ0n) is 12.0. The van der Waals surface area contributed by atoms with Gasteiger partial charge in [0, 0.05) is 34.2 Å². The summed E-state index contributed by atoms with van der Waals surface area (Å²) in [5, 5.41) is 11.7. The summed E-state index contributed by atoms with van der Waals surface area (Å²) in [4.78, 5) is 27.7. The summed E-state index contributed by atoms with van der Waals surface area (Å²) in [5.74, 6) is 0.186. The number of para-hydroxylation sites is 1. The predicted molar refractivity (Wildman–Crippen MR) is 89.9 cm³/mol. The van der Waals surface area contributed by atoms with E-state index < -0.39 is 4.92 Å². The van der Waals surface area contributed by atoms with Gasteiger partial charge in [-0.3, -0.25) is 19.9 Å². The Morgan fingerprint density at radius 2 is 1.83 bits per heavy atom. The number of thioether (sulfide) groups is 1. The standard InChI is InChI=1S/C17H12N2O3S/c20-15(12-6-8-14(9-7-12)19(21)22)11-23-16-5-1-3-13-4-2-10-18-17(13)16/h1-10H,11H2. The molecule has 6 heteroatoms. The molecule has 0 atom stereocenters. The molecule has 0 spiro atoms. The molecule has 114 valence electrons. The smallest absolute Gasteiger partial charge is 0.269 e. The summed E-state index contributed by atoms with van der Waals surface area (Å²) < 4.78 is 0. The molecule has 0 aliphatic carbocycles. The van der Waals surface area contributed by atoms with Crippen LogP contribution >= 0.6 is 11.8 Å². The summed E-state index contributed by atoms with van der Waals surface area (Å²) in [7, 11) is 0. The topological polar surface area (TPSA) is 73.1 Å². The van der Waals surface area contributed by atoms with Crippen molar-refractivity contribution in [3.8, 4) is 0 Å². The second-order valence-corrected chi connectivity index (χ2v) is 5.86. The third-order valence-corrected chi connectivity index (χ3v) is 4.40. The quantitative estimate of drug-likeness (QED) is 0.305. The molecule has 3 rings (SSSR count). The van der Waals surface area contributed by atoms with E-state index in [0.29, 0.717) is 5.56 Å². The molecule has 1 aromatic heterocycles. The van der Waals surface area contributed by atoms with Gasteiger partial charge in [0.2, 0.25) is 0 Å². The highest BCUT2D eigenvalue weighted by atomic mass is 32.2. The number of non-ortho nitro benzene ring substituents is 1. The van der Waals surface area contributed by atoms with E-state index in [2.05, 4.69) is 4.98 Å². The van der Waals surface area contributed by atoms with E-state index in [0.717, 1.165) is 15.8 Å². The third kappa shape index (κ3) is 3.37. The number of carbonyl (C=O) groups excluding carboxylic acids is 1. The van der Waals surface area contributed by atoms with Gasteiger partial charge < -0.3 is 0 Å². The van der Waals surface area contributed by atoms with Gasteiger partial charge >= 0.3 is 0 Å². The molecule has 0 bridgehead atoms. The molecule has 3 aromatic rings.